The van der Waals surface area contributed by atoms with E-state index in [4.69, 9.17) is 12.6 Å². The molecule has 0 aliphatic rings. The van der Waals surface area contributed by atoms with E-state index >= 15 is 0 Å². The number of carboxylic acids is 1. The third-order valence-electron chi connectivity index (χ3n) is 4.85. The van der Waals surface area contributed by atoms with Crippen LogP contribution in [0.15, 0.2) is 72.9 Å². The van der Waals surface area contributed by atoms with Crippen LogP contribution < -0.4 is 4.74 Å². The highest BCUT2D eigenvalue weighted by atomic mass is 19.1. The van der Waals surface area contributed by atoms with E-state index < -0.39 is 24.3 Å². The van der Waals surface area contributed by atoms with Gasteiger partial charge in [-0.05, 0) is 43.0 Å². The van der Waals surface area contributed by atoms with Gasteiger partial charge >= 0.3 is 5.97 Å². The van der Waals surface area contributed by atoms with Gasteiger partial charge in [0, 0.05) is 31.2 Å². The van der Waals surface area contributed by atoms with Crippen molar-refractivity contribution in [3.63, 3.8) is 0 Å². The number of hydrogen-bond donors (Lipinski definition) is 1. The van der Waals surface area contributed by atoms with Crippen LogP contribution in [-0.4, -0.2) is 33.5 Å². The van der Waals surface area contributed by atoms with Crippen molar-refractivity contribution in [2.75, 3.05) is 6.61 Å². The predicted molar refractivity (Wildman–Crippen MR) is 122 cm³/mol. The van der Waals surface area contributed by atoms with Gasteiger partial charge in [-0.3, -0.25) is 9.59 Å². The topological polar surface area (TPSA) is 79.7 Å². The second-order valence-corrected chi connectivity index (χ2v) is 7.40. The van der Waals surface area contributed by atoms with Crippen molar-refractivity contribution in [3.8, 4) is 5.75 Å². The molecule has 3 rings (SSSR count). The zero-order valence-corrected chi connectivity index (χ0v) is 18.1. The lowest BCUT2D eigenvalue weighted by Crippen LogP contribution is -2.30. The molecule has 0 radical (unpaired) electrons. The first-order chi connectivity index (χ1) is 16.8. The first-order valence-corrected chi connectivity index (χ1v) is 10.7. The molecule has 33 heavy (non-hydrogen) atoms. The highest BCUT2D eigenvalue weighted by Gasteiger charge is 2.19. The number of carbonyl (C=O) groups is 2. The quantitative estimate of drug-likeness (QED) is 0.306. The highest BCUT2D eigenvalue weighted by Crippen LogP contribution is 2.23. The van der Waals surface area contributed by atoms with E-state index in [1.807, 2.05) is 0 Å². The first kappa shape index (κ1) is 21.1. The fourth-order valence-corrected chi connectivity index (χ4v) is 3.17. The van der Waals surface area contributed by atoms with E-state index in [1.165, 1.54) is 6.07 Å². The Bertz CT molecular complexity index is 1130. The minimum absolute atomic E-state index is 0.0584. The van der Waals surface area contributed by atoms with E-state index in [0.717, 1.165) is 17.2 Å². The van der Waals surface area contributed by atoms with Gasteiger partial charge in [-0.15, -0.1) is 0 Å². The third-order valence-corrected chi connectivity index (χ3v) is 4.85. The summed E-state index contributed by atoms with van der Waals surface area (Å²) in [7, 11) is 0. The normalized spacial score (nSPS) is 11.9. The summed E-state index contributed by atoms with van der Waals surface area (Å²) in [5.74, 6) is -1.70. The third kappa shape index (κ3) is 7.71. The summed E-state index contributed by atoms with van der Waals surface area (Å²) in [6.07, 6.45) is 3.13. The van der Waals surface area contributed by atoms with Gasteiger partial charge in [0.15, 0.2) is 0 Å². The molecule has 3 aromatic rings. The summed E-state index contributed by atoms with van der Waals surface area (Å²) in [6, 6.07) is 17.7. The largest absolute Gasteiger partial charge is 0.493 e. The zero-order chi connectivity index (χ0) is 25.3. The minimum Gasteiger partial charge on any atom is -0.493 e. The number of para-hydroxylation sites is 1. The fourth-order valence-electron chi connectivity index (χ4n) is 3.17. The molecule has 2 aromatic carbocycles. The molecule has 0 saturated heterocycles. The molecule has 0 aliphatic heterocycles. The number of hydrogen-bond acceptors (Lipinski definition) is 4. The molecule has 1 amide bonds. The second-order valence-electron chi connectivity index (χ2n) is 7.40. The average Bonchev–Trinajstić information content (AvgIpc) is 2.85. The van der Waals surface area contributed by atoms with Crippen molar-refractivity contribution < 1.29 is 26.6 Å². The molecular formula is C26H27FN2O4. The van der Waals surface area contributed by atoms with Crippen molar-refractivity contribution in [2.24, 2.45) is 0 Å². The minimum atomic E-state index is -2.18. The Hall–Kier alpha value is -3.74. The molecule has 0 unspecified atom stereocenters. The zero-order valence-electron chi connectivity index (χ0n) is 20.1. The number of pyridine rings is 1. The average molecular weight is 453 g/mol. The lowest BCUT2D eigenvalue weighted by Gasteiger charge is -2.24. The maximum absolute atomic E-state index is 13.4. The molecule has 172 valence electrons. The van der Waals surface area contributed by atoms with E-state index in [1.54, 1.807) is 54.6 Å². The molecule has 0 bridgehead atoms. The number of halogens is 1. The maximum Gasteiger partial charge on any atom is 0.303 e. The smallest absolute Gasteiger partial charge is 0.303 e. The van der Waals surface area contributed by atoms with Crippen molar-refractivity contribution in [1.29, 1.82) is 0 Å². The van der Waals surface area contributed by atoms with Crippen LogP contribution in [-0.2, 0) is 17.8 Å². The number of benzene rings is 2. The summed E-state index contributed by atoms with van der Waals surface area (Å²) in [4.78, 5) is 28.7. The molecule has 0 aliphatic carbocycles. The molecule has 7 heteroatoms. The van der Waals surface area contributed by atoms with Crippen LogP contribution in [0.4, 0.5) is 4.39 Å². The highest BCUT2D eigenvalue weighted by molar-refractivity contribution is 5.93. The fraction of sp³-hybridized carbons (Fsp3) is 0.269. The van der Waals surface area contributed by atoms with Gasteiger partial charge in [0.05, 0.1) is 14.9 Å². The number of amides is 1. The number of carboxylic acid groups (broad SMARTS) is 1. The lowest BCUT2D eigenvalue weighted by molar-refractivity contribution is -0.137. The number of nitrogens with zero attached hydrogens (tertiary/aromatic N) is 2. The van der Waals surface area contributed by atoms with Crippen LogP contribution in [0, 0.1) is 5.95 Å². The number of ether oxygens (including phenoxy) is 1. The summed E-state index contributed by atoms with van der Waals surface area (Å²) in [6.45, 7) is -1.93. The first-order valence-electron chi connectivity index (χ1n) is 11.7. The van der Waals surface area contributed by atoms with E-state index in [2.05, 4.69) is 4.98 Å². The number of carbonyl (C=O) groups excluding carboxylic acids is 1. The Balaban J connectivity index is 1.83. The maximum atomic E-state index is 13.4. The van der Waals surface area contributed by atoms with Gasteiger partial charge in [-0.1, -0.05) is 48.5 Å². The SMILES string of the molecule is [2H]C([2H])(c1ccccc1)N(Cc1ccccc1OCCCCCC(=O)O)C(=O)c1ccc(F)nc1. The van der Waals surface area contributed by atoms with Gasteiger partial charge in [0.2, 0.25) is 5.95 Å². The molecular weight excluding hydrogens is 423 g/mol. The van der Waals surface area contributed by atoms with Crippen LogP contribution in [0.1, 0.15) is 49.9 Å². The molecule has 6 nitrogen and oxygen atoms in total. The van der Waals surface area contributed by atoms with Crippen LogP contribution >= 0.6 is 0 Å². The Morgan fingerprint density at radius 2 is 1.76 bits per heavy atom. The number of aliphatic carboxylic acids is 1. The number of unbranched alkanes of at least 4 members (excludes halogenated alkanes) is 2. The summed E-state index contributed by atoms with van der Waals surface area (Å²) in [5, 5.41) is 8.74. The van der Waals surface area contributed by atoms with Crippen LogP contribution in [0.25, 0.3) is 0 Å². The summed E-state index contributed by atoms with van der Waals surface area (Å²) < 4.78 is 36.8. The molecule has 0 saturated carbocycles. The van der Waals surface area contributed by atoms with Gasteiger partial charge in [0.1, 0.15) is 5.75 Å². The molecule has 1 heterocycles. The lowest BCUT2D eigenvalue weighted by atomic mass is 10.1. The van der Waals surface area contributed by atoms with Gasteiger partial charge in [-0.2, -0.15) is 4.39 Å². The summed E-state index contributed by atoms with van der Waals surface area (Å²) >= 11 is 0. The molecule has 1 N–H and O–H groups in total. The van der Waals surface area contributed by atoms with Gasteiger partial charge < -0.3 is 14.7 Å². The standard InChI is InChI=1S/C26H27FN2O4/c27-24-15-14-21(17-28-24)26(32)29(18-20-9-3-1-4-10-20)19-22-11-6-7-12-23(22)33-16-8-2-5-13-25(30)31/h1,3-4,6-7,9-12,14-15,17H,2,5,8,13,16,18-19H2,(H,30,31)/i18D2. The monoisotopic (exact) mass is 452 g/mol. The van der Waals surface area contributed by atoms with Crippen molar-refractivity contribution >= 4 is 11.9 Å². The molecule has 0 atom stereocenters. The van der Waals surface area contributed by atoms with Crippen molar-refractivity contribution in [3.05, 3.63) is 95.6 Å². The summed E-state index contributed by atoms with van der Waals surface area (Å²) in [5.41, 5.74) is 0.949. The van der Waals surface area contributed by atoms with Crippen LogP contribution in [0.2, 0.25) is 0 Å². The Kier molecular flexibility index (Phi) is 7.90. The Morgan fingerprint density at radius 3 is 2.48 bits per heavy atom. The van der Waals surface area contributed by atoms with E-state index in [9.17, 15) is 14.0 Å². The van der Waals surface area contributed by atoms with Crippen molar-refractivity contribution in [2.45, 2.75) is 38.7 Å². The molecule has 0 spiro atoms. The van der Waals surface area contributed by atoms with Crippen LogP contribution in [0.3, 0.4) is 0 Å². The van der Waals surface area contributed by atoms with Gasteiger partial charge in [0.25, 0.3) is 5.91 Å². The Labute approximate surface area is 195 Å². The van der Waals surface area contributed by atoms with E-state index in [0.29, 0.717) is 42.7 Å². The van der Waals surface area contributed by atoms with Crippen LogP contribution in [0.5, 0.6) is 5.75 Å². The van der Waals surface area contributed by atoms with Crippen molar-refractivity contribution in [1.82, 2.24) is 9.88 Å². The predicted octanol–water partition coefficient (Wildman–Crippen LogP) is 5.09. The Morgan fingerprint density at radius 1 is 1.00 bits per heavy atom. The number of rotatable bonds is 12. The molecule has 0 fully saturated rings. The van der Waals surface area contributed by atoms with E-state index in [-0.39, 0.29) is 18.5 Å². The second kappa shape index (κ2) is 12.3. The number of aromatic nitrogens is 1. The molecule has 1 aromatic heterocycles. The van der Waals surface area contributed by atoms with Gasteiger partial charge in [-0.25, -0.2) is 4.98 Å².